The lowest BCUT2D eigenvalue weighted by Crippen LogP contribution is -2.26. The normalized spacial score (nSPS) is 12.8. The predicted octanol–water partition coefficient (Wildman–Crippen LogP) is 3.04. The molecule has 14 heavy (non-hydrogen) atoms. The van der Waals surface area contributed by atoms with E-state index in [0.717, 1.165) is 6.42 Å². The van der Waals surface area contributed by atoms with E-state index in [1.807, 2.05) is 0 Å². The van der Waals surface area contributed by atoms with Crippen molar-refractivity contribution < 1.29 is 4.79 Å². The standard InChI is InChI=1S/C12H25NO/c1-3-4-5-6-7-8-9-10-12(14)11(2)13/h11H,3-10,13H2,1-2H3. The van der Waals surface area contributed by atoms with E-state index in [1.165, 1.54) is 38.5 Å². The first-order valence-electron chi connectivity index (χ1n) is 5.96. The average Bonchev–Trinajstić information content (AvgIpc) is 2.16. The minimum atomic E-state index is -0.268. The molecular weight excluding hydrogens is 174 g/mol. The van der Waals surface area contributed by atoms with E-state index >= 15 is 0 Å². The molecule has 0 radical (unpaired) electrons. The van der Waals surface area contributed by atoms with Crippen LogP contribution in [-0.2, 0) is 4.79 Å². The summed E-state index contributed by atoms with van der Waals surface area (Å²) >= 11 is 0. The van der Waals surface area contributed by atoms with Gasteiger partial charge < -0.3 is 5.73 Å². The molecule has 2 heteroatoms. The Hall–Kier alpha value is -0.370. The van der Waals surface area contributed by atoms with Crippen LogP contribution >= 0.6 is 0 Å². The predicted molar refractivity (Wildman–Crippen MR) is 61.3 cm³/mol. The molecule has 0 aromatic heterocycles. The molecule has 2 nitrogen and oxygen atoms in total. The van der Waals surface area contributed by atoms with Gasteiger partial charge in [0.05, 0.1) is 6.04 Å². The number of ketones is 1. The second-order valence-electron chi connectivity index (χ2n) is 4.13. The third-order valence-electron chi connectivity index (χ3n) is 2.53. The molecule has 84 valence electrons. The fourth-order valence-corrected chi connectivity index (χ4v) is 1.48. The molecule has 0 aliphatic carbocycles. The summed E-state index contributed by atoms with van der Waals surface area (Å²) < 4.78 is 0. The first-order chi connectivity index (χ1) is 6.68. The van der Waals surface area contributed by atoms with Crippen LogP contribution in [0.4, 0.5) is 0 Å². The lowest BCUT2D eigenvalue weighted by Gasteiger charge is -2.03. The van der Waals surface area contributed by atoms with Crippen LogP contribution in [0.2, 0.25) is 0 Å². The Balaban J connectivity index is 3.10. The quantitative estimate of drug-likeness (QED) is 0.580. The summed E-state index contributed by atoms with van der Waals surface area (Å²) in [6.45, 7) is 3.99. The molecule has 0 rings (SSSR count). The topological polar surface area (TPSA) is 43.1 Å². The molecule has 1 atom stereocenters. The number of carbonyl (C=O) groups is 1. The monoisotopic (exact) mass is 199 g/mol. The van der Waals surface area contributed by atoms with E-state index in [0.29, 0.717) is 6.42 Å². The molecule has 0 spiro atoms. The number of Topliss-reactive ketones (excluding diaryl/α,β-unsaturated/α-hetero) is 1. The summed E-state index contributed by atoms with van der Waals surface area (Å²) in [7, 11) is 0. The summed E-state index contributed by atoms with van der Waals surface area (Å²) in [5.41, 5.74) is 5.47. The minimum Gasteiger partial charge on any atom is -0.322 e. The van der Waals surface area contributed by atoms with Gasteiger partial charge in [-0.05, 0) is 13.3 Å². The van der Waals surface area contributed by atoms with E-state index < -0.39 is 0 Å². The zero-order valence-electron chi connectivity index (χ0n) is 9.72. The smallest absolute Gasteiger partial charge is 0.149 e. The molecule has 0 aromatic carbocycles. The van der Waals surface area contributed by atoms with Crippen LogP contribution in [0.15, 0.2) is 0 Å². The van der Waals surface area contributed by atoms with E-state index in [4.69, 9.17) is 5.73 Å². The first kappa shape index (κ1) is 13.6. The summed E-state index contributed by atoms with van der Waals surface area (Å²) in [4.78, 5) is 11.2. The maximum Gasteiger partial charge on any atom is 0.149 e. The highest BCUT2D eigenvalue weighted by Gasteiger charge is 2.05. The number of rotatable bonds is 9. The molecule has 0 aliphatic heterocycles. The number of nitrogens with two attached hydrogens (primary N) is 1. The fraction of sp³-hybridized carbons (Fsp3) is 0.917. The fourth-order valence-electron chi connectivity index (χ4n) is 1.48. The summed E-state index contributed by atoms with van der Waals surface area (Å²) in [6.07, 6.45) is 9.45. The largest absolute Gasteiger partial charge is 0.322 e. The van der Waals surface area contributed by atoms with Crippen molar-refractivity contribution in [1.29, 1.82) is 0 Å². The zero-order valence-corrected chi connectivity index (χ0v) is 9.72. The van der Waals surface area contributed by atoms with Crippen molar-refractivity contribution >= 4 is 5.78 Å². The van der Waals surface area contributed by atoms with Crippen molar-refractivity contribution in [2.24, 2.45) is 5.73 Å². The van der Waals surface area contributed by atoms with Gasteiger partial charge in [0.2, 0.25) is 0 Å². The summed E-state index contributed by atoms with van der Waals surface area (Å²) in [6, 6.07) is -0.268. The van der Waals surface area contributed by atoms with Crippen LogP contribution in [0.1, 0.15) is 65.2 Å². The Morgan fingerprint density at radius 3 is 2.07 bits per heavy atom. The Morgan fingerprint density at radius 2 is 1.57 bits per heavy atom. The number of carbonyl (C=O) groups excluding carboxylic acids is 1. The van der Waals surface area contributed by atoms with E-state index in [2.05, 4.69) is 6.92 Å². The van der Waals surface area contributed by atoms with Crippen LogP contribution in [0.5, 0.6) is 0 Å². The molecule has 0 fully saturated rings. The summed E-state index contributed by atoms with van der Waals surface area (Å²) in [5.74, 6) is 0.207. The lowest BCUT2D eigenvalue weighted by molar-refractivity contribution is -0.120. The zero-order chi connectivity index (χ0) is 10.8. The molecule has 0 aromatic rings. The molecule has 0 saturated heterocycles. The van der Waals surface area contributed by atoms with Crippen molar-refractivity contribution in [3.05, 3.63) is 0 Å². The van der Waals surface area contributed by atoms with Crippen LogP contribution in [0.25, 0.3) is 0 Å². The Bertz CT molecular complexity index is 143. The maximum absolute atomic E-state index is 11.2. The number of hydrogen-bond donors (Lipinski definition) is 1. The van der Waals surface area contributed by atoms with Gasteiger partial charge in [-0.2, -0.15) is 0 Å². The van der Waals surface area contributed by atoms with Gasteiger partial charge in [-0.1, -0.05) is 45.4 Å². The highest BCUT2D eigenvalue weighted by atomic mass is 16.1. The van der Waals surface area contributed by atoms with Crippen molar-refractivity contribution in [2.45, 2.75) is 71.3 Å². The SMILES string of the molecule is CCCCCCCCCC(=O)C(C)N. The van der Waals surface area contributed by atoms with Gasteiger partial charge in [-0.25, -0.2) is 0 Å². The molecule has 0 saturated carbocycles. The molecule has 0 amide bonds. The van der Waals surface area contributed by atoms with Gasteiger partial charge in [0.15, 0.2) is 0 Å². The van der Waals surface area contributed by atoms with Gasteiger partial charge in [0.1, 0.15) is 5.78 Å². The Kier molecular flexibility index (Phi) is 8.95. The van der Waals surface area contributed by atoms with Crippen molar-refractivity contribution in [1.82, 2.24) is 0 Å². The lowest BCUT2D eigenvalue weighted by atomic mass is 10.0. The Morgan fingerprint density at radius 1 is 1.07 bits per heavy atom. The third-order valence-corrected chi connectivity index (χ3v) is 2.53. The van der Waals surface area contributed by atoms with Crippen LogP contribution in [0, 0.1) is 0 Å². The third kappa shape index (κ3) is 8.24. The van der Waals surface area contributed by atoms with E-state index in [9.17, 15) is 4.79 Å². The maximum atomic E-state index is 11.2. The average molecular weight is 199 g/mol. The molecule has 0 bridgehead atoms. The van der Waals surface area contributed by atoms with Crippen LogP contribution in [0.3, 0.4) is 0 Å². The van der Waals surface area contributed by atoms with Crippen LogP contribution in [-0.4, -0.2) is 11.8 Å². The van der Waals surface area contributed by atoms with E-state index in [1.54, 1.807) is 6.92 Å². The summed E-state index contributed by atoms with van der Waals surface area (Å²) in [5, 5.41) is 0. The van der Waals surface area contributed by atoms with Gasteiger partial charge in [-0.15, -0.1) is 0 Å². The van der Waals surface area contributed by atoms with Gasteiger partial charge >= 0.3 is 0 Å². The molecule has 0 aliphatic rings. The molecular formula is C12H25NO. The van der Waals surface area contributed by atoms with Crippen LogP contribution < -0.4 is 5.73 Å². The number of unbranched alkanes of at least 4 members (excludes halogenated alkanes) is 6. The van der Waals surface area contributed by atoms with Crippen molar-refractivity contribution in [3.63, 3.8) is 0 Å². The Labute approximate surface area is 88.3 Å². The highest BCUT2D eigenvalue weighted by molar-refractivity contribution is 5.83. The highest BCUT2D eigenvalue weighted by Crippen LogP contribution is 2.08. The van der Waals surface area contributed by atoms with Gasteiger partial charge in [0.25, 0.3) is 0 Å². The van der Waals surface area contributed by atoms with Crippen molar-refractivity contribution in [3.8, 4) is 0 Å². The van der Waals surface area contributed by atoms with Gasteiger partial charge in [-0.3, -0.25) is 4.79 Å². The van der Waals surface area contributed by atoms with E-state index in [-0.39, 0.29) is 11.8 Å². The second-order valence-corrected chi connectivity index (χ2v) is 4.13. The van der Waals surface area contributed by atoms with Gasteiger partial charge in [0, 0.05) is 6.42 Å². The number of hydrogen-bond acceptors (Lipinski definition) is 2. The first-order valence-corrected chi connectivity index (χ1v) is 5.96. The molecule has 1 unspecified atom stereocenters. The molecule has 2 N–H and O–H groups in total. The minimum absolute atomic E-state index is 0.207. The second kappa shape index (κ2) is 9.20. The van der Waals surface area contributed by atoms with Crippen molar-refractivity contribution in [2.75, 3.05) is 0 Å². The molecule has 0 heterocycles.